The zero-order valence-electron chi connectivity index (χ0n) is 25.9. The highest BCUT2D eigenvalue weighted by Crippen LogP contribution is 2.65. The fourth-order valence-electron chi connectivity index (χ4n) is 8.50. The molecule has 0 amide bonds. The molecule has 7 heteroatoms. The molecular formula is C34H46O7. The second-order valence-electron chi connectivity index (χ2n) is 14.6. The van der Waals surface area contributed by atoms with Gasteiger partial charge in [0.25, 0.3) is 0 Å². The van der Waals surface area contributed by atoms with E-state index >= 15 is 0 Å². The Hall–Kier alpha value is -2.93. The van der Waals surface area contributed by atoms with Crippen molar-refractivity contribution in [3.05, 3.63) is 45.7 Å². The van der Waals surface area contributed by atoms with Crippen LogP contribution in [0.25, 0.3) is 5.76 Å². The number of Topliss-reactive ketones (excluding diaryl/α,β-unsaturated/α-hetero) is 3. The van der Waals surface area contributed by atoms with Gasteiger partial charge in [0.15, 0.2) is 17.2 Å². The molecule has 0 radical (unpaired) electrons. The Morgan fingerprint density at radius 1 is 1.07 bits per heavy atom. The van der Waals surface area contributed by atoms with Gasteiger partial charge in [-0.05, 0) is 53.7 Å². The second-order valence-corrected chi connectivity index (χ2v) is 14.6. The van der Waals surface area contributed by atoms with Gasteiger partial charge in [0.05, 0.1) is 5.56 Å². The van der Waals surface area contributed by atoms with Crippen LogP contribution in [0.2, 0.25) is 0 Å². The molecule has 4 rings (SSSR count). The van der Waals surface area contributed by atoms with E-state index in [1.807, 2.05) is 61.5 Å². The van der Waals surface area contributed by atoms with Crippen LogP contribution in [0.1, 0.15) is 111 Å². The number of fused-ring (bicyclic) bond motifs is 3. The summed E-state index contributed by atoms with van der Waals surface area (Å²) in [5.41, 5.74) is -4.34. The summed E-state index contributed by atoms with van der Waals surface area (Å²) in [5.74, 6) is -4.83. The maximum atomic E-state index is 14.6. The fourth-order valence-corrected chi connectivity index (χ4v) is 8.50. The predicted molar refractivity (Wildman–Crippen MR) is 158 cm³/mol. The number of aliphatic hydroxyl groups excluding tert-OH is 2. The number of aromatic hydroxyl groups is 1. The minimum atomic E-state index is -2.61. The molecule has 0 saturated heterocycles. The highest BCUT2D eigenvalue weighted by Gasteiger charge is 2.72. The molecule has 0 spiro atoms. The van der Waals surface area contributed by atoms with Gasteiger partial charge in [-0.1, -0.05) is 74.8 Å². The summed E-state index contributed by atoms with van der Waals surface area (Å²) < 4.78 is 0. The van der Waals surface area contributed by atoms with Crippen LogP contribution >= 0.6 is 0 Å². The number of carbonyl (C=O) groups is 3. The predicted octanol–water partition coefficient (Wildman–Crippen LogP) is 6.51. The number of hydrogen-bond donors (Lipinski definition) is 4. The molecule has 1 aromatic rings. The molecule has 0 bridgehead atoms. The molecule has 1 unspecified atom stereocenters. The number of rotatable bonds is 7. The Bertz CT molecular complexity index is 1390. The van der Waals surface area contributed by atoms with E-state index < -0.39 is 62.2 Å². The molecular weight excluding hydrogens is 520 g/mol. The Morgan fingerprint density at radius 3 is 2.22 bits per heavy atom. The normalized spacial score (nSPS) is 30.1. The van der Waals surface area contributed by atoms with Gasteiger partial charge in [0.1, 0.15) is 22.8 Å². The van der Waals surface area contributed by atoms with Crippen molar-refractivity contribution in [3.8, 4) is 5.75 Å². The molecule has 0 aliphatic heterocycles. The van der Waals surface area contributed by atoms with E-state index in [9.17, 15) is 34.8 Å². The van der Waals surface area contributed by atoms with E-state index in [-0.39, 0.29) is 41.6 Å². The molecule has 0 heterocycles. The Labute approximate surface area is 243 Å². The molecule has 4 N–H and O–H groups in total. The minimum Gasteiger partial charge on any atom is -0.508 e. The van der Waals surface area contributed by atoms with E-state index in [1.54, 1.807) is 6.92 Å². The zero-order chi connectivity index (χ0) is 31.0. The third-order valence-corrected chi connectivity index (χ3v) is 10.0. The van der Waals surface area contributed by atoms with E-state index in [4.69, 9.17) is 0 Å². The first-order valence-corrected chi connectivity index (χ1v) is 14.9. The van der Waals surface area contributed by atoms with Crippen molar-refractivity contribution < 1.29 is 34.8 Å². The molecule has 3 aliphatic carbocycles. The lowest BCUT2D eigenvalue weighted by molar-refractivity contribution is -0.178. The number of carbonyl (C=O) groups excluding carboxylic acids is 3. The number of phenolic OH excluding ortho intramolecular Hbond substituents is 1. The van der Waals surface area contributed by atoms with Gasteiger partial charge in [-0.25, -0.2) is 0 Å². The average molecular weight is 567 g/mol. The first kappa shape index (κ1) is 31.0. The Balaban J connectivity index is 2.02. The zero-order valence-corrected chi connectivity index (χ0v) is 25.9. The minimum absolute atomic E-state index is 0.0251. The summed E-state index contributed by atoms with van der Waals surface area (Å²) in [4.78, 5) is 42.4. The molecule has 3 aliphatic rings. The van der Waals surface area contributed by atoms with E-state index in [0.717, 1.165) is 24.0 Å². The van der Waals surface area contributed by atoms with Crippen LogP contribution in [0, 0.1) is 28.1 Å². The third kappa shape index (κ3) is 4.29. The summed E-state index contributed by atoms with van der Waals surface area (Å²) in [5, 5.41) is 46.5. The first-order valence-electron chi connectivity index (χ1n) is 14.9. The summed E-state index contributed by atoms with van der Waals surface area (Å²) in [6.07, 6.45) is 1.91. The maximum absolute atomic E-state index is 14.6. The van der Waals surface area contributed by atoms with Crippen molar-refractivity contribution in [2.24, 2.45) is 28.1 Å². The van der Waals surface area contributed by atoms with Crippen LogP contribution in [0.3, 0.4) is 0 Å². The number of benzene rings is 1. The highest BCUT2D eigenvalue weighted by molar-refractivity contribution is 6.25. The fraction of sp³-hybridized carbons (Fsp3) is 0.618. The second kappa shape index (κ2) is 9.82. The van der Waals surface area contributed by atoms with Crippen LogP contribution in [0.15, 0.2) is 29.0 Å². The van der Waals surface area contributed by atoms with Crippen molar-refractivity contribution in [1.29, 1.82) is 0 Å². The van der Waals surface area contributed by atoms with E-state index in [2.05, 4.69) is 0 Å². The number of ketones is 3. The Kier molecular flexibility index (Phi) is 7.43. The van der Waals surface area contributed by atoms with Gasteiger partial charge in [0.2, 0.25) is 5.78 Å². The number of hydrogen-bond acceptors (Lipinski definition) is 7. The molecule has 7 nitrogen and oxygen atoms in total. The number of aliphatic hydroxyl groups is 3. The van der Waals surface area contributed by atoms with E-state index in [0.29, 0.717) is 6.42 Å². The molecule has 1 fully saturated rings. The summed E-state index contributed by atoms with van der Waals surface area (Å²) >= 11 is 0. The summed E-state index contributed by atoms with van der Waals surface area (Å²) in [6, 6.07) is 3.30. The maximum Gasteiger partial charge on any atom is 0.203 e. The highest BCUT2D eigenvalue weighted by atomic mass is 16.3. The molecule has 1 saturated carbocycles. The first-order chi connectivity index (χ1) is 18.8. The van der Waals surface area contributed by atoms with Crippen LogP contribution in [0.5, 0.6) is 5.75 Å². The lowest BCUT2D eigenvalue weighted by Crippen LogP contribution is -2.69. The van der Waals surface area contributed by atoms with Crippen LogP contribution in [-0.2, 0) is 20.8 Å². The lowest BCUT2D eigenvalue weighted by Gasteiger charge is -2.60. The SMILES string of the molecule is CCCC(C)(C)CC(=O)C1=C(O)[C@]2(O)C(=O)C3=C(O)c4c(O)ccc(C(C)C)c4C[C@]3(C)C[C@]2(C)C(C(C)C)C1=O. The summed E-state index contributed by atoms with van der Waals surface area (Å²) in [6.45, 7) is 17.0. The van der Waals surface area contributed by atoms with Gasteiger partial charge in [-0.2, -0.15) is 0 Å². The third-order valence-electron chi connectivity index (χ3n) is 10.0. The van der Waals surface area contributed by atoms with Gasteiger partial charge in [-0.15, -0.1) is 0 Å². The smallest absolute Gasteiger partial charge is 0.203 e. The molecule has 1 aromatic carbocycles. The largest absolute Gasteiger partial charge is 0.508 e. The standard InChI is InChI=1S/C34H46O7/c1-10-13-31(6,7)15-22(36)24-28(38)25(18(4)5)33(9)16-32(8)14-20-19(17(2)3)11-12-21(35)23(20)27(37)26(32)30(40)34(33,41)29(24)39/h11-12,17-18,25,35,37,39,41H,10,13-16H2,1-9H3/t25?,32-,33-,34+/m1/s1. The van der Waals surface area contributed by atoms with Gasteiger partial charge >= 0.3 is 0 Å². The summed E-state index contributed by atoms with van der Waals surface area (Å²) in [7, 11) is 0. The lowest BCUT2D eigenvalue weighted by atomic mass is 9.43. The quantitative estimate of drug-likeness (QED) is 0.277. The molecule has 41 heavy (non-hydrogen) atoms. The molecule has 224 valence electrons. The van der Waals surface area contributed by atoms with Crippen molar-refractivity contribution in [1.82, 2.24) is 0 Å². The van der Waals surface area contributed by atoms with Crippen molar-refractivity contribution >= 4 is 23.1 Å². The van der Waals surface area contributed by atoms with Gasteiger partial charge in [0, 0.05) is 28.7 Å². The van der Waals surface area contributed by atoms with Crippen LogP contribution < -0.4 is 0 Å². The van der Waals surface area contributed by atoms with E-state index in [1.165, 1.54) is 6.07 Å². The Morgan fingerprint density at radius 2 is 1.68 bits per heavy atom. The molecule has 4 atom stereocenters. The molecule has 0 aromatic heterocycles. The van der Waals surface area contributed by atoms with Crippen molar-refractivity contribution in [3.63, 3.8) is 0 Å². The average Bonchev–Trinajstić information content (AvgIpc) is 2.80. The topological polar surface area (TPSA) is 132 Å². The van der Waals surface area contributed by atoms with Crippen LogP contribution in [0.4, 0.5) is 0 Å². The van der Waals surface area contributed by atoms with Crippen LogP contribution in [-0.4, -0.2) is 43.4 Å². The van der Waals surface area contributed by atoms with Gasteiger partial charge in [-0.3, -0.25) is 14.4 Å². The monoisotopic (exact) mass is 566 g/mol. The van der Waals surface area contributed by atoms with Gasteiger partial charge < -0.3 is 20.4 Å². The number of allylic oxidation sites excluding steroid dienone is 1. The number of phenols is 1. The van der Waals surface area contributed by atoms with Crippen molar-refractivity contribution in [2.45, 2.75) is 106 Å². The van der Waals surface area contributed by atoms with Crippen molar-refractivity contribution in [2.75, 3.05) is 0 Å².